The molecule has 0 aliphatic heterocycles. The van der Waals surface area contributed by atoms with Crippen LogP contribution in [0.25, 0.3) is 0 Å². The summed E-state index contributed by atoms with van der Waals surface area (Å²) in [5.41, 5.74) is 2.30. The maximum atomic E-state index is 11.4. The molecule has 0 spiro atoms. The molecule has 1 amide bonds. The lowest BCUT2D eigenvalue weighted by atomic mass is 10.2. The molecule has 5 nitrogen and oxygen atoms in total. The van der Waals surface area contributed by atoms with Gasteiger partial charge >= 0.3 is 0 Å². The Morgan fingerprint density at radius 1 is 1.50 bits per heavy atom. The number of hydrogen-bond donors (Lipinski definition) is 2. The summed E-state index contributed by atoms with van der Waals surface area (Å²) in [6.07, 6.45) is 0. The minimum absolute atomic E-state index is 0.206. The van der Waals surface area contributed by atoms with Gasteiger partial charge < -0.3 is 9.29 Å². The summed E-state index contributed by atoms with van der Waals surface area (Å²) in [5.74, 6) is 0.148. The third-order valence-corrected chi connectivity index (χ3v) is 3.14. The first-order valence-corrected chi connectivity index (χ1v) is 6.05. The van der Waals surface area contributed by atoms with E-state index in [-0.39, 0.29) is 11.5 Å². The molecule has 0 aliphatic carbocycles. The first kappa shape index (κ1) is 12.8. The van der Waals surface area contributed by atoms with E-state index < -0.39 is 17.1 Å². The van der Waals surface area contributed by atoms with E-state index in [9.17, 15) is 9.35 Å². The number of ether oxygens (including phenoxy) is 1. The molecule has 1 unspecified atom stereocenters. The second-order valence-electron chi connectivity index (χ2n) is 3.11. The number of nitrogens with one attached hydrogen (secondary N) is 1. The van der Waals surface area contributed by atoms with Gasteiger partial charge in [-0.2, -0.15) is 0 Å². The summed E-state index contributed by atoms with van der Waals surface area (Å²) in [4.78, 5) is 10.7. The zero-order chi connectivity index (χ0) is 12.0. The van der Waals surface area contributed by atoms with E-state index in [1.165, 1.54) is 5.48 Å². The predicted octanol–water partition coefficient (Wildman–Crippen LogP) is 0.449. The Labute approximate surface area is 96.6 Å². The molecule has 0 aromatic heterocycles. The molecule has 1 atom stereocenters. The van der Waals surface area contributed by atoms with E-state index in [1.807, 2.05) is 0 Å². The molecule has 6 heteroatoms. The van der Waals surface area contributed by atoms with Crippen molar-refractivity contribution in [2.24, 2.45) is 0 Å². The van der Waals surface area contributed by atoms with Gasteiger partial charge in [-0.05, 0) is 23.3 Å². The van der Waals surface area contributed by atoms with Crippen LogP contribution in [0.3, 0.4) is 0 Å². The van der Waals surface area contributed by atoms with Crippen LogP contribution in [0, 0.1) is 0 Å². The van der Waals surface area contributed by atoms with Gasteiger partial charge in [-0.3, -0.25) is 10.0 Å². The van der Waals surface area contributed by atoms with E-state index in [2.05, 4.69) is 0 Å². The smallest absolute Gasteiger partial charge is 0.293 e. The zero-order valence-corrected chi connectivity index (χ0v) is 9.62. The summed E-state index contributed by atoms with van der Waals surface area (Å²) in [6.45, 7) is 0. The van der Waals surface area contributed by atoms with Crippen molar-refractivity contribution < 1.29 is 19.3 Å². The molecule has 0 bridgehead atoms. The van der Waals surface area contributed by atoms with Crippen molar-refractivity contribution in [3.63, 3.8) is 0 Å². The summed E-state index contributed by atoms with van der Waals surface area (Å²) in [5, 5.41) is 8.27. The molecule has 0 saturated carbocycles. The number of carbonyl (C=O) groups is 1. The molecule has 0 fully saturated rings. The highest BCUT2D eigenvalue weighted by molar-refractivity contribution is 7.91. The molecular weight excluding hydrogens is 230 g/mol. The van der Waals surface area contributed by atoms with E-state index in [0.29, 0.717) is 0 Å². The van der Waals surface area contributed by atoms with E-state index >= 15 is 0 Å². The number of rotatable bonds is 5. The van der Waals surface area contributed by atoms with Gasteiger partial charge in [0.05, 0.1) is 7.11 Å². The van der Waals surface area contributed by atoms with Crippen LogP contribution in [0.4, 0.5) is 0 Å². The van der Waals surface area contributed by atoms with Gasteiger partial charge in [0.15, 0.2) is 5.75 Å². The van der Waals surface area contributed by atoms with Gasteiger partial charge in [-0.1, -0.05) is 12.1 Å². The highest BCUT2D eigenvalue weighted by atomic mass is 32.2. The SMILES string of the molecule is COc1ccc(C[S+]([O-])CC(=O)NO)cc1. The van der Waals surface area contributed by atoms with Gasteiger partial charge in [0, 0.05) is 5.56 Å². The molecule has 1 aromatic carbocycles. The van der Waals surface area contributed by atoms with Gasteiger partial charge in [0.2, 0.25) is 0 Å². The second-order valence-corrected chi connectivity index (χ2v) is 4.57. The minimum atomic E-state index is -1.32. The molecule has 0 aliphatic rings. The molecule has 16 heavy (non-hydrogen) atoms. The predicted molar refractivity (Wildman–Crippen MR) is 59.6 cm³/mol. The van der Waals surface area contributed by atoms with E-state index in [4.69, 9.17) is 9.94 Å². The number of hydroxylamine groups is 1. The molecule has 0 heterocycles. The fourth-order valence-corrected chi connectivity index (χ4v) is 2.16. The monoisotopic (exact) mass is 243 g/mol. The van der Waals surface area contributed by atoms with Crippen molar-refractivity contribution in [1.29, 1.82) is 0 Å². The lowest BCUT2D eigenvalue weighted by molar-refractivity contribution is -0.126. The number of hydrogen-bond acceptors (Lipinski definition) is 4. The Bertz CT molecular complexity index is 341. The number of benzene rings is 1. The van der Waals surface area contributed by atoms with Gasteiger partial charge in [0.1, 0.15) is 11.5 Å². The lowest BCUT2D eigenvalue weighted by Gasteiger charge is -2.09. The number of carbonyl (C=O) groups excluding carboxylic acids is 1. The summed E-state index contributed by atoms with van der Waals surface area (Å²) < 4.78 is 16.4. The first-order chi connectivity index (χ1) is 7.65. The number of amides is 1. The van der Waals surface area contributed by atoms with Crippen LogP contribution in [0.1, 0.15) is 5.56 Å². The molecule has 88 valence electrons. The first-order valence-electron chi connectivity index (χ1n) is 4.56. The quantitative estimate of drug-likeness (QED) is 0.447. The van der Waals surface area contributed by atoms with E-state index in [0.717, 1.165) is 11.3 Å². The van der Waals surface area contributed by atoms with Crippen LogP contribution >= 0.6 is 0 Å². The lowest BCUT2D eigenvalue weighted by Crippen LogP contribution is -2.28. The maximum absolute atomic E-state index is 11.4. The molecule has 1 aromatic rings. The fourth-order valence-electron chi connectivity index (χ4n) is 1.14. The van der Waals surface area contributed by atoms with Crippen LogP contribution in [-0.2, 0) is 21.7 Å². The normalized spacial score (nSPS) is 11.9. The Kier molecular flexibility index (Phi) is 5.10. The van der Waals surface area contributed by atoms with Crippen LogP contribution in [0.5, 0.6) is 5.75 Å². The van der Waals surface area contributed by atoms with Crippen molar-refractivity contribution in [3.05, 3.63) is 29.8 Å². The second kappa shape index (κ2) is 6.37. The van der Waals surface area contributed by atoms with Crippen molar-refractivity contribution >= 4 is 17.1 Å². The Morgan fingerprint density at radius 3 is 2.62 bits per heavy atom. The minimum Gasteiger partial charge on any atom is -0.616 e. The van der Waals surface area contributed by atoms with Crippen molar-refractivity contribution in [2.45, 2.75) is 5.75 Å². The average molecular weight is 243 g/mol. The molecule has 0 radical (unpaired) electrons. The summed E-state index contributed by atoms with van der Waals surface area (Å²) >= 11 is -1.32. The highest BCUT2D eigenvalue weighted by Crippen LogP contribution is 2.13. The Balaban J connectivity index is 2.49. The van der Waals surface area contributed by atoms with Crippen LogP contribution in [0.2, 0.25) is 0 Å². The van der Waals surface area contributed by atoms with Crippen molar-refractivity contribution in [2.75, 3.05) is 12.9 Å². The van der Waals surface area contributed by atoms with Crippen LogP contribution in [-0.4, -0.2) is 28.5 Å². The summed E-state index contributed by atoms with van der Waals surface area (Å²) in [7, 11) is 1.57. The molecule has 1 rings (SSSR count). The van der Waals surface area contributed by atoms with Crippen LogP contribution < -0.4 is 10.2 Å². The van der Waals surface area contributed by atoms with Crippen LogP contribution in [0.15, 0.2) is 24.3 Å². The molecular formula is C10H13NO4S. The maximum Gasteiger partial charge on any atom is 0.293 e. The molecule has 2 N–H and O–H groups in total. The standard InChI is InChI=1S/C10H13NO4S/c1-15-9-4-2-8(3-5-9)6-16(14)7-10(12)11-13/h2-5,13H,6-7H2,1H3,(H,11,12). The fraction of sp³-hybridized carbons (Fsp3) is 0.300. The average Bonchev–Trinajstić information content (AvgIpc) is 2.29. The van der Waals surface area contributed by atoms with Crippen molar-refractivity contribution in [3.8, 4) is 5.75 Å². The third-order valence-electron chi connectivity index (χ3n) is 1.90. The van der Waals surface area contributed by atoms with Gasteiger partial charge in [-0.15, -0.1) is 0 Å². The van der Waals surface area contributed by atoms with Gasteiger partial charge in [0.25, 0.3) is 5.91 Å². The third kappa shape index (κ3) is 4.09. The largest absolute Gasteiger partial charge is 0.616 e. The van der Waals surface area contributed by atoms with E-state index in [1.54, 1.807) is 31.4 Å². The highest BCUT2D eigenvalue weighted by Gasteiger charge is 2.13. The Morgan fingerprint density at radius 2 is 2.12 bits per heavy atom. The van der Waals surface area contributed by atoms with Crippen molar-refractivity contribution in [1.82, 2.24) is 5.48 Å². The Hall–Kier alpha value is -1.24. The topological polar surface area (TPSA) is 81.6 Å². The number of methoxy groups -OCH3 is 1. The zero-order valence-electron chi connectivity index (χ0n) is 8.80. The molecule has 0 saturated heterocycles. The van der Waals surface area contributed by atoms with Gasteiger partial charge in [-0.25, -0.2) is 5.48 Å². The summed E-state index contributed by atoms with van der Waals surface area (Å²) in [6, 6.07) is 7.10.